The molecular weight excluding hydrogens is 1680 g/mol. The molecule has 0 spiro atoms. The molecule has 4 atom stereocenters. The summed E-state index contributed by atoms with van der Waals surface area (Å²) in [6, 6.07) is 56.0. The highest BCUT2D eigenvalue weighted by Gasteiger charge is 2.37. The Kier molecular flexibility index (Phi) is 33.9. The van der Waals surface area contributed by atoms with Crippen LogP contribution in [0.25, 0.3) is 0 Å². The molecule has 8 aromatic rings. The van der Waals surface area contributed by atoms with Crippen LogP contribution in [0.15, 0.2) is 170 Å². The molecule has 12 rings (SSSR count). The van der Waals surface area contributed by atoms with Crippen molar-refractivity contribution < 1.29 is 52.5 Å². The highest BCUT2D eigenvalue weighted by Crippen LogP contribution is 2.41. The lowest BCUT2D eigenvalue weighted by molar-refractivity contribution is -0.0295. The number of nitrogens with two attached hydrogens (primary N) is 2. The highest BCUT2D eigenvalue weighted by molar-refractivity contribution is 6.35. The normalized spacial score (nSPS) is 16.8. The standard InChI is InChI=1S/C22H25Cl2N3O3.C22H23Cl2N3O2.C17H17Cl2N3O.C17H15Cl2N3.C10H18O5/c1-22(2,3)30-21(29)26-10-11-27(18-9-6-15(20(25)28)12-17(18)24)19(13-26)14-4-7-16(23)8-5-14;1-22(2,3)29-21(28)26-10-11-27(19-9-4-15(13-25)12-18(19)24)20(14-26)16-5-7-17(23)8-6-16;18-13-4-1-11(2-5-13)16-10-21-7-8-22(16)15-6-3-12(17(20)23)9-14(15)19;18-14-4-2-13(3-5-14)17-11-21-7-8-22(17)16-6-1-12(10-20)9-15(16)19;1-9(2,3)14-7(11)13-8(12)15-10(4,5)6/h4-9,12,19H,10-11,13H2,1-3H3,(H2,25,28);4-9,12,20H,10-11,14H2,1-3H3;1-6,9,16,21H,7-8,10H2,(H2,20,23);1-6,9,17,21H,7-8,11H2;1-6H3/t19-;20-;16-;17-;/m0000./s1. The predicted molar refractivity (Wildman–Crippen MR) is 473 cm³/mol. The molecular formula is C88H98Cl8N12O11. The topological polar surface area (TPSA) is 292 Å². The Hall–Kier alpha value is -9.60. The van der Waals surface area contributed by atoms with Gasteiger partial charge in [0.1, 0.15) is 22.4 Å². The van der Waals surface area contributed by atoms with Gasteiger partial charge in [0.05, 0.1) is 90.3 Å². The van der Waals surface area contributed by atoms with E-state index in [1.807, 2.05) is 163 Å². The third kappa shape index (κ3) is 28.8. The van der Waals surface area contributed by atoms with Gasteiger partial charge in [-0.25, -0.2) is 19.2 Å². The van der Waals surface area contributed by atoms with Crippen LogP contribution >= 0.6 is 92.8 Å². The van der Waals surface area contributed by atoms with E-state index in [1.165, 1.54) is 5.56 Å². The number of benzene rings is 8. The molecule has 0 radical (unpaired) electrons. The molecule has 4 amide bonds. The number of halogens is 8. The second-order valence-electron chi connectivity index (χ2n) is 32.0. The first-order valence-corrected chi connectivity index (χ1v) is 41.2. The summed E-state index contributed by atoms with van der Waals surface area (Å²) >= 11 is 49.9. The molecule has 4 aliphatic rings. The van der Waals surface area contributed by atoms with Crippen LogP contribution in [0.4, 0.5) is 41.9 Å². The fraction of sp³-hybridized carbons (Fsp3) is 0.364. The lowest BCUT2D eigenvalue weighted by Crippen LogP contribution is -2.51. The van der Waals surface area contributed by atoms with E-state index in [0.29, 0.717) is 96.7 Å². The number of carbonyl (C=O) groups is 6. The van der Waals surface area contributed by atoms with Crippen LogP contribution < -0.4 is 41.7 Å². The zero-order chi connectivity index (χ0) is 87.4. The van der Waals surface area contributed by atoms with Gasteiger partial charge in [-0.1, -0.05) is 141 Å². The van der Waals surface area contributed by atoms with Crippen molar-refractivity contribution in [2.24, 2.45) is 11.5 Å². The number of rotatable bonds is 10. The largest absolute Gasteiger partial charge is 0.519 e. The second kappa shape index (κ2) is 42.6. The number of piperazine rings is 4. The van der Waals surface area contributed by atoms with E-state index < -0.39 is 46.5 Å². The van der Waals surface area contributed by atoms with E-state index in [4.69, 9.17) is 134 Å². The van der Waals surface area contributed by atoms with Gasteiger partial charge in [-0.05, 0) is 227 Å². The Morgan fingerprint density at radius 2 is 0.630 bits per heavy atom. The minimum Gasteiger partial charge on any atom is -0.444 e. The van der Waals surface area contributed by atoms with E-state index >= 15 is 0 Å². The van der Waals surface area contributed by atoms with Crippen LogP contribution in [-0.2, 0) is 23.7 Å². The maximum Gasteiger partial charge on any atom is 0.519 e. The minimum absolute atomic E-state index is 0.126. The molecule has 4 saturated heterocycles. The zero-order valence-electron chi connectivity index (χ0n) is 68.2. The van der Waals surface area contributed by atoms with E-state index in [1.54, 1.807) is 99.9 Å². The van der Waals surface area contributed by atoms with Gasteiger partial charge in [-0.15, -0.1) is 0 Å². The zero-order valence-corrected chi connectivity index (χ0v) is 74.3. The molecule has 23 nitrogen and oxygen atoms in total. The van der Waals surface area contributed by atoms with Gasteiger partial charge < -0.3 is 75.2 Å². The van der Waals surface area contributed by atoms with Crippen molar-refractivity contribution in [1.82, 2.24) is 20.4 Å². The van der Waals surface area contributed by atoms with E-state index in [-0.39, 0.29) is 36.4 Å². The monoisotopic (exact) mass is 1780 g/mol. The smallest absolute Gasteiger partial charge is 0.444 e. The fourth-order valence-electron chi connectivity index (χ4n) is 13.0. The summed E-state index contributed by atoms with van der Waals surface area (Å²) in [6.07, 6.45) is -2.80. The molecule has 0 aliphatic carbocycles. The summed E-state index contributed by atoms with van der Waals surface area (Å²) in [7, 11) is 0. The van der Waals surface area contributed by atoms with Crippen molar-refractivity contribution in [2.75, 3.05) is 98.1 Å². The SMILES string of the molecule is CC(C)(C)OC(=O)N1CCN(c2ccc(C#N)cc2Cl)[C@H](c2ccc(Cl)cc2)C1.CC(C)(C)OC(=O)N1CCN(c2ccc(C(N)=O)cc2Cl)[C@H](c2ccc(Cl)cc2)C1.CC(C)(C)OC(=O)OC(=O)OC(C)(C)C.N#Cc1ccc(N2CCNC[C@H]2c2ccc(Cl)cc2)c(Cl)c1.NC(=O)c1ccc(N2CCNC[C@H]2c2ccc(Cl)cc2)c(Cl)c1. The molecule has 31 heteroatoms. The van der Waals surface area contributed by atoms with Crippen LogP contribution in [-0.4, -0.2) is 147 Å². The van der Waals surface area contributed by atoms with Crippen molar-refractivity contribution in [3.63, 3.8) is 0 Å². The first-order chi connectivity index (χ1) is 56.0. The predicted octanol–water partition coefficient (Wildman–Crippen LogP) is 20.7. The van der Waals surface area contributed by atoms with Gasteiger partial charge in [0, 0.05) is 110 Å². The maximum atomic E-state index is 12.7. The lowest BCUT2D eigenvalue weighted by atomic mass is 10.0. The van der Waals surface area contributed by atoms with Crippen LogP contribution in [0.1, 0.15) is 161 Å². The maximum absolute atomic E-state index is 12.7. The van der Waals surface area contributed by atoms with Crippen LogP contribution in [0.3, 0.4) is 0 Å². The molecule has 119 heavy (non-hydrogen) atoms. The van der Waals surface area contributed by atoms with Crippen LogP contribution in [0.5, 0.6) is 0 Å². The van der Waals surface area contributed by atoms with Crippen LogP contribution in [0.2, 0.25) is 40.2 Å². The number of nitriles is 2. The molecule has 8 aromatic carbocycles. The van der Waals surface area contributed by atoms with E-state index in [2.05, 4.69) is 47.1 Å². The van der Waals surface area contributed by atoms with E-state index in [9.17, 15) is 28.8 Å². The Morgan fingerprint density at radius 1 is 0.361 bits per heavy atom. The Balaban J connectivity index is 0.000000189. The second-order valence-corrected chi connectivity index (χ2v) is 35.3. The fourth-order valence-corrected chi connectivity index (χ4v) is 14.7. The lowest BCUT2D eigenvalue weighted by Gasteiger charge is -2.43. The summed E-state index contributed by atoms with van der Waals surface area (Å²) in [4.78, 5) is 82.3. The number of primary amides is 2. The van der Waals surface area contributed by atoms with Crippen molar-refractivity contribution in [2.45, 2.75) is 130 Å². The highest BCUT2D eigenvalue weighted by atomic mass is 35.5. The average molecular weight is 1780 g/mol. The Bertz CT molecular complexity index is 4910. The summed E-state index contributed by atoms with van der Waals surface area (Å²) in [6.45, 7) is 29.2. The summed E-state index contributed by atoms with van der Waals surface area (Å²) in [5.74, 6) is -1.01. The molecule has 0 bridgehead atoms. The van der Waals surface area contributed by atoms with Gasteiger partial charge in [0.2, 0.25) is 11.8 Å². The molecule has 0 unspecified atom stereocenters. The molecule has 0 saturated carbocycles. The van der Waals surface area contributed by atoms with E-state index in [0.717, 1.165) is 83.7 Å². The number of amides is 4. The van der Waals surface area contributed by atoms with Crippen molar-refractivity contribution in [1.29, 1.82) is 10.5 Å². The van der Waals surface area contributed by atoms with Gasteiger partial charge in [0.25, 0.3) is 0 Å². The number of hydrogen-bond donors (Lipinski definition) is 4. The number of carbonyl (C=O) groups excluding carboxylic acids is 6. The number of nitrogens with zero attached hydrogens (tertiary/aromatic N) is 8. The molecule has 0 aromatic heterocycles. The first kappa shape index (κ1) is 94.9. The molecule has 4 heterocycles. The summed E-state index contributed by atoms with van der Waals surface area (Å²) < 4.78 is 24.9. The summed E-state index contributed by atoms with van der Waals surface area (Å²) in [5.41, 5.74) is 17.8. The number of nitrogens with one attached hydrogen (secondary N) is 2. The number of hydrogen-bond acceptors (Lipinski definition) is 19. The van der Waals surface area contributed by atoms with Crippen LogP contribution in [0, 0.1) is 22.7 Å². The van der Waals surface area contributed by atoms with Gasteiger partial charge >= 0.3 is 24.5 Å². The van der Waals surface area contributed by atoms with Gasteiger partial charge in [0.15, 0.2) is 0 Å². The van der Waals surface area contributed by atoms with Gasteiger partial charge in [-0.2, -0.15) is 10.5 Å². The number of anilines is 4. The summed E-state index contributed by atoms with van der Waals surface area (Å²) in [5, 5.41) is 29.7. The van der Waals surface area contributed by atoms with Crippen molar-refractivity contribution in [3.8, 4) is 12.1 Å². The van der Waals surface area contributed by atoms with Crippen molar-refractivity contribution in [3.05, 3.63) is 255 Å². The van der Waals surface area contributed by atoms with Gasteiger partial charge in [-0.3, -0.25) is 9.59 Å². The minimum atomic E-state index is -1.06. The quantitative estimate of drug-likeness (QED) is 0.0562. The Labute approximate surface area is 736 Å². The third-order valence-corrected chi connectivity index (χ3v) is 20.6. The Morgan fingerprint density at radius 3 is 0.891 bits per heavy atom. The third-order valence-electron chi connectivity index (χ3n) is 18.4. The molecule has 632 valence electrons. The molecule has 4 aliphatic heterocycles. The average Bonchev–Trinajstić information content (AvgIpc) is 0.813. The first-order valence-electron chi connectivity index (χ1n) is 38.1. The van der Waals surface area contributed by atoms with Crippen molar-refractivity contribution >= 4 is 152 Å². The molecule has 4 fully saturated rings. The number of ether oxygens (including phenoxy) is 5. The molecule has 6 N–H and O–H groups in total.